The first-order valence-electron chi connectivity index (χ1n) is 8.97. The van der Waals surface area contributed by atoms with Gasteiger partial charge in [-0.25, -0.2) is 0 Å². The maximum Gasteiger partial charge on any atom is 0.231 e. The Morgan fingerprint density at radius 2 is 2.03 bits per heavy atom. The quantitative estimate of drug-likeness (QED) is 0.452. The van der Waals surface area contributed by atoms with Crippen LogP contribution in [0.5, 0.6) is 11.5 Å². The van der Waals surface area contributed by atoms with E-state index in [4.69, 9.17) is 9.47 Å². The average molecular weight is 409 g/mol. The Morgan fingerprint density at radius 3 is 2.86 bits per heavy atom. The summed E-state index contributed by atoms with van der Waals surface area (Å²) < 4.78 is 12.6. The number of nitrogens with zero attached hydrogens (tertiary/aromatic N) is 4. The van der Waals surface area contributed by atoms with Gasteiger partial charge in [-0.2, -0.15) is 0 Å². The number of hydrogen-bond donors (Lipinski definition) is 1. The lowest BCUT2D eigenvalue weighted by Gasteiger charge is -2.08. The summed E-state index contributed by atoms with van der Waals surface area (Å²) in [6.07, 6.45) is 5.19. The molecule has 9 heteroatoms. The molecule has 148 valence electrons. The molecular formula is C20H19N5O3S. The van der Waals surface area contributed by atoms with Crippen LogP contribution >= 0.6 is 11.8 Å². The molecule has 2 aromatic heterocycles. The molecule has 1 aliphatic heterocycles. The molecule has 0 fully saturated rings. The van der Waals surface area contributed by atoms with E-state index in [0.717, 1.165) is 22.7 Å². The van der Waals surface area contributed by atoms with E-state index in [1.165, 1.54) is 11.8 Å². The van der Waals surface area contributed by atoms with Crippen molar-refractivity contribution in [2.45, 2.75) is 18.2 Å². The van der Waals surface area contributed by atoms with Gasteiger partial charge in [0.25, 0.3) is 0 Å². The number of benzene rings is 1. The van der Waals surface area contributed by atoms with Crippen LogP contribution in [0.1, 0.15) is 5.56 Å². The van der Waals surface area contributed by atoms with Crippen LogP contribution in [-0.4, -0.2) is 38.2 Å². The largest absolute Gasteiger partial charge is 0.454 e. The molecular weight excluding hydrogens is 390 g/mol. The lowest BCUT2D eigenvalue weighted by molar-refractivity contribution is -0.118. The van der Waals surface area contributed by atoms with Crippen LogP contribution in [0.3, 0.4) is 0 Å². The lowest BCUT2D eigenvalue weighted by atomic mass is 10.2. The Balaban J connectivity index is 1.36. The molecule has 4 rings (SSSR count). The van der Waals surface area contributed by atoms with Gasteiger partial charge in [-0.05, 0) is 29.8 Å². The van der Waals surface area contributed by atoms with Gasteiger partial charge in [-0.15, -0.1) is 16.8 Å². The van der Waals surface area contributed by atoms with Gasteiger partial charge >= 0.3 is 0 Å². The number of thioether (sulfide) groups is 1. The maximum absolute atomic E-state index is 12.3. The second-order valence-electron chi connectivity index (χ2n) is 6.19. The number of hydrogen-bond acceptors (Lipinski definition) is 7. The molecule has 0 aliphatic carbocycles. The third-order valence-electron chi connectivity index (χ3n) is 4.23. The number of rotatable bonds is 8. The Bertz CT molecular complexity index is 1020. The second kappa shape index (κ2) is 8.78. The van der Waals surface area contributed by atoms with E-state index in [1.54, 1.807) is 18.5 Å². The van der Waals surface area contributed by atoms with Crippen molar-refractivity contribution in [2.75, 3.05) is 12.5 Å². The van der Waals surface area contributed by atoms with Crippen molar-refractivity contribution >= 4 is 17.7 Å². The smallest absolute Gasteiger partial charge is 0.231 e. The number of allylic oxidation sites excluding steroid dienone is 1. The zero-order chi connectivity index (χ0) is 20.1. The topological polar surface area (TPSA) is 91.2 Å². The van der Waals surface area contributed by atoms with Crippen LogP contribution in [0.25, 0.3) is 11.4 Å². The molecule has 0 saturated heterocycles. The number of nitrogens with one attached hydrogen (secondary N) is 1. The van der Waals surface area contributed by atoms with Crippen molar-refractivity contribution in [3.63, 3.8) is 0 Å². The summed E-state index contributed by atoms with van der Waals surface area (Å²) in [5.74, 6) is 2.28. The molecule has 0 spiro atoms. The van der Waals surface area contributed by atoms with Crippen molar-refractivity contribution < 1.29 is 14.3 Å². The van der Waals surface area contributed by atoms with Crippen molar-refractivity contribution in [1.29, 1.82) is 0 Å². The number of ether oxygens (including phenoxy) is 2. The average Bonchev–Trinajstić information content (AvgIpc) is 3.38. The van der Waals surface area contributed by atoms with Crippen LogP contribution < -0.4 is 14.8 Å². The summed E-state index contributed by atoms with van der Waals surface area (Å²) in [4.78, 5) is 16.3. The van der Waals surface area contributed by atoms with Gasteiger partial charge in [0.15, 0.2) is 22.5 Å². The predicted molar refractivity (Wildman–Crippen MR) is 109 cm³/mol. The van der Waals surface area contributed by atoms with E-state index in [-0.39, 0.29) is 18.5 Å². The van der Waals surface area contributed by atoms with Crippen LogP contribution in [0.4, 0.5) is 0 Å². The maximum atomic E-state index is 12.3. The zero-order valence-electron chi connectivity index (χ0n) is 15.6. The third-order valence-corrected chi connectivity index (χ3v) is 5.19. The van der Waals surface area contributed by atoms with Crippen LogP contribution in [0, 0.1) is 0 Å². The number of amides is 1. The molecule has 0 saturated carbocycles. The van der Waals surface area contributed by atoms with E-state index >= 15 is 0 Å². The molecule has 3 aromatic rings. The molecule has 1 aliphatic rings. The summed E-state index contributed by atoms with van der Waals surface area (Å²) in [6, 6.07) is 9.36. The van der Waals surface area contributed by atoms with Crippen molar-refractivity contribution in [2.24, 2.45) is 0 Å². The highest BCUT2D eigenvalue weighted by Gasteiger charge is 2.16. The van der Waals surface area contributed by atoms with Gasteiger partial charge in [0.05, 0.1) is 5.75 Å². The van der Waals surface area contributed by atoms with Crippen LogP contribution in [0.15, 0.2) is 60.5 Å². The number of aromatic nitrogens is 4. The molecule has 3 heterocycles. The lowest BCUT2D eigenvalue weighted by Crippen LogP contribution is -2.24. The standard InChI is InChI=1S/C20H19N5O3S/c1-2-9-25-19(15-5-7-21-8-6-15)23-24-20(25)29-12-18(26)22-11-14-3-4-16-17(10-14)28-13-27-16/h2-8,10H,1,9,11-13H2,(H,22,26). The minimum absolute atomic E-state index is 0.0914. The van der Waals surface area contributed by atoms with Crippen LogP contribution in [0.2, 0.25) is 0 Å². The van der Waals surface area contributed by atoms with Gasteiger partial charge in [-0.3, -0.25) is 14.3 Å². The molecule has 8 nitrogen and oxygen atoms in total. The van der Waals surface area contributed by atoms with E-state index in [1.807, 2.05) is 34.9 Å². The minimum Gasteiger partial charge on any atom is -0.454 e. The summed E-state index contributed by atoms with van der Waals surface area (Å²) in [5.41, 5.74) is 1.86. The number of carbonyl (C=O) groups excluding carboxylic acids is 1. The van der Waals surface area contributed by atoms with Crippen molar-refractivity contribution in [3.8, 4) is 22.9 Å². The summed E-state index contributed by atoms with van der Waals surface area (Å²) in [7, 11) is 0. The van der Waals surface area contributed by atoms with Crippen molar-refractivity contribution in [3.05, 3.63) is 60.9 Å². The Hall–Kier alpha value is -3.33. The fourth-order valence-corrected chi connectivity index (χ4v) is 3.61. The van der Waals surface area contributed by atoms with E-state index in [0.29, 0.717) is 24.0 Å². The third kappa shape index (κ3) is 4.40. The van der Waals surface area contributed by atoms with Gasteiger partial charge in [-0.1, -0.05) is 23.9 Å². The molecule has 0 radical (unpaired) electrons. The summed E-state index contributed by atoms with van der Waals surface area (Å²) in [6.45, 7) is 4.99. The number of pyridine rings is 1. The Labute approximate surface area is 172 Å². The normalized spacial score (nSPS) is 12.0. The van der Waals surface area contributed by atoms with Crippen molar-refractivity contribution in [1.82, 2.24) is 25.1 Å². The number of fused-ring (bicyclic) bond motifs is 1. The predicted octanol–water partition coefficient (Wildman–Crippen LogP) is 2.66. The SMILES string of the molecule is C=CCn1c(SCC(=O)NCc2ccc3c(c2)OCO3)nnc1-c1ccncc1. The highest BCUT2D eigenvalue weighted by atomic mass is 32.2. The molecule has 1 N–H and O–H groups in total. The Kier molecular flexibility index (Phi) is 5.76. The van der Waals surface area contributed by atoms with Gasteiger partial charge in [0.1, 0.15) is 0 Å². The van der Waals surface area contributed by atoms with E-state index in [2.05, 4.69) is 27.1 Å². The number of carbonyl (C=O) groups is 1. The summed E-state index contributed by atoms with van der Waals surface area (Å²) in [5, 5.41) is 12.1. The van der Waals surface area contributed by atoms with Crippen LogP contribution in [-0.2, 0) is 17.9 Å². The first kappa shape index (κ1) is 19.0. The van der Waals surface area contributed by atoms with Gasteiger partial charge < -0.3 is 14.8 Å². The second-order valence-corrected chi connectivity index (χ2v) is 7.14. The highest BCUT2D eigenvalue weighted by molar-refractivity contribution is 7.99. The highest BCUT2D eigenvalue weighted by Crippen LogP contribution is 2.32. The molecule has 0 unspecified atom stereocenters. The fraction of sp³-hybridized carbons (Fsp3) is 0.200. The monoisotopic (exact) mass is 409 g/mol. The first-order chi connectivity index (χ1) is 14.2. The minimum atomic E-state index is -0.0914. The zero-order valence-corrected chi connectivity index (χ0v) is 16.4. The molecule has 1 aromatic carbocycles. The fourth-order valence-electron chi connectivity index (χ4n) is 2.84. The molecule has 1 amide bonds. The Morgan fingerprint density at radius 1 is 1.21 bits per heavy atom. The molecule has 0 bridgehead atoms. The first-order valence-corrected chi connectivity index (χ1v) is 9.95. The molecule has 0 atom stereocenters. The van der Waals surface area contributed by atoms with E-state index < -0.39 is 0 Å². The summed E-state index contributed by atoms with van der Waals surface area (Å²) >= 11 is 1.34. The van der Waals surface area contributed by atoms with E-state index in [9.17, 15) is 4.79 Å². The molecule has 29 heavy (non-hydrogen) atoms. The van der Waals surface area contributed by atoms with Gasteiger partial charge in [0.2, 0.25) is 12.7 Å². The van der Waals surface area contributed by atoms with Gasteiger partial charge in [0, 0.05) is 31.0 Å².